The van der Waals surface area contributed by atoms with Gasteiger partial charge in [-0.15, -0.1) is 0 Å². The van der Waals surface area contributed by atoms with Crippen LogP contribution in [0.1, 0.15) is 64.3 Å². The third-order valence-electron chi connectivity index (χ3n) is 4.22. The summed E-state index contributed by atoms with van der Waals surface area (Å²) in [4.78, 5) is 25.3. The molecule has 2 aromatic heterocycles. The van der Waals surface area contributed by atoms with Gasteiger partial charge in [-0.2, -0.15) is 5.26 Å². The molecule has 0 spiro atoms. The smallest absolute Gasteiger partial charge is 0.407 e. The summed E-state index contributed by atoms with van der Waals surface area (Å²) in [7, 11) is 0. The lowest BCUT2D eigenvalue weighted by Gasteiger charge is -2.19. The summed E-state index contributed by atoms with van der Waals surface area (Å²) in [6, 6.07) is 5.82. The number of pyridine rings is 1. The van der Waals surface area contributed by atoms with Gasteiger partial charge in [0, 0.05) is 30.5 Å². The van der Waals surface area contributed by atoms with Gasteiger partial charge in [-0.25, -0.2) is 14.8 Å². The number of amides is 1. The SMILES string of the molecule is CCc1nc(C#N)c(Nc2ccnc(CCNC(=O)OC(C)(C)C)c2)nc1CC(C)C. The molecule has 0 bridgehead atoms. The van der Waals surface area contributed by atoms with E-state index in [2.05, 4.69) is 40.5 Å². The van der Waals surface area contributed by atoms with Crippen LogP contribution in [-0.2, 0) is 24.0 Å². The Morgan fingerprint density at radius 3 is 2.61 bits per heavy atom. The fourth-order valence-electron chi connectivity index (χ4n) is 2.94. The highest BCUT2D eigenvalue weighted by Gasteiger charge is 2.16. The van der Waals surface area contributed by atoms with E-state index in [0.717, 1.165) is 35.6 Å². The molecule has 0 aliphatic rings. The number of anilines is 2. The predicted octanol–water partition coefficient (Wildman–Crippen LogP) is 4.31. The quantitative estimate of drug-likeness (QED) is 0.649. The van der Waals surface area contributed by atoms with Gasteiger partial charge in [0.05, 0.1) is 11.4 Å². The lowest BCUT2D eigenvalue weighted by molar-refractivity contribution is 0.0528. The van der Waals surface area contributed by atoms with Crippen LogP contribution in [0.15, 0.2) is 18.3 Å². The van der Waals surface area contributed by atoms with Crippen LogP contribution < -0.4 is 10.6 Å². The minimum Gasteiger partial charge on any atom is -0.444 e. The van der Waals surface area contributed by atoms with Crippen molar-refractivity contribution in [2.24, 2.45) is 5.92 Å². The molecular formula is C23H32N6O2. The van der Waals surface area contributed by atoms with Gasteiger partial charge in [-0.05, 0) is 51.7 Å². The Labute approximate surface area is 184 Å². The molecule has 166 valence electrons. The number of nitrogens with one attached hydrogen (secondary N) is 2. The Hall–Kier alpha value is -3.21. The highest BCUT2D eigenvalue weighted by Crippen LogP contribution is 2.21. The van der Waals surface area contributed by atoms with Gasteiger partial charge in [0.25, 0.3) is 0 Å². The molecule has 2 aromatic rings. The Balaban J connectivity index is 2.11. The highest BCUT2D eigenvalue weighted by atomic mass is 16.6. The molecule has 1 amide bonds. The number of carbonyl (C=O) groups is 1. The average Bonchev–Trinajstić information content (AvgIpc) is 2.66. The van der Waals surface area contributed by atoms with E-state index in [9.17, 15) is 10.1 Å². The van der Waals surface area contributed by atoms with Crippen molar-refractivity contribution >= 4 is 17.6 Å². The van der Waals surface area contributed by atoms with Gasteiger partial charge in [-0.3, -0.25) is 4.98 Å². The molecule has 0 fully saturated rings. The topological polar surface area (TPSA) is 113 Å². The van der Waals surface area contributed by atoms with Crippen molar-refractivity contribution in [3.8, 4) is 6.07 Å². The van der Waals surface area contributed by atoms with E-state index in [-0.39, 0.29) is 5.69 Å². The molecule has 2 rings (SSSR count). The fourth-order valence-corrected chi connectivity index (χ4v) is 2.94. The second-order valence-corrected chi connectivity index (χ2v) is 8.72. The summed E-state index contributed by atoms with van der Waals surface area (Å²) in [5.74, 6) is 0.879. The second-order valence-electron chi connectivity index (χ2n) is 8.72. The summed E-state index contributed by atoms with van der Waals surface area (Å²) in [5.41, 5.74) is 3.06. The molecule has 0 unspecified atom stereocenters. The Morgan fingerprint density at radius 1 is 1.26 bits per heavy atom. The third kappa shape index (κ3) is 7.85. The van der Waals surface area contributed by atoms with Crippen LogP contribution in [-0.4, -0.2) is 33.2 Å². The minimum atomic E-state index is -0.534. The number of nitriles is 1. The Morgan fingerprint density at radius 2 is 2.00 bits per heavy atom. The molecule has 2 heterocycles. The molecule has 0 aromatic carbocycles. The normalized spacial score (nSPS) is 11.2. The van der Waals surface area contributed by atoms with Crippen molar-refractivity contribution in [3.63, 3.8) is 0 Å². The van der Waals surface area contributed by atoms with Crippen molar-refractivity contribution in [2.45, 2.75) is 66.4 Å². The third-order valence-corrected chi connectivity index (χ3v) is 4.22. The molecule has 0 radical (unpaired) electrons. The van der Waals surface area contributed by atoms with E-state index in [4.69, 9.17) is 9.72 Å². The van der Waals surface area contributed by atoms with E-state index in [1.807, 2.05) is 39.8 Å². The van der Waals surface area contributed by atoms with E-state index in [1.54, 1.807) is 6.20 Å². The Bertz CT molecular complexity index is 944. The van der Waals surface area contributed by atoms with Crippen molar-refractivity contribution in [1.29, 1.82) is 5.26 Å². The first-order chi connectivity index (χ1) is 14.6. The molecule has 0 atom stereocenters. The fraction of sp³-hybridized carbons (Fsp3) is 0.522. The molecule has 8 heteroatoms. The van der Waals surface area contributed by atoms with E-state index >= 15 is 0 Å². The maximum atomic E-state index is 11.8. The van der Waals surface area contributed by atoms with Crippen LogP contribution in [0.25, 0.3) is 0 Å². The maximum Gasteiger partial charge on any atom is 0.407 e. The zero-order chi connectivity index (χ0) is 23.0. The zero-order valence-corrected chi connectivity index (χ0v) is 19.2. The number of alkyl carbamates (subject to hydrolysis) is 1. The lowest BCUT2D eigenvalue weighted by atomic mass is 10.1. The number of carbonyl (C=O) groups excluding carboxylic acids is 1. The van der Waals surface area contributed by atoms with Crippen LogP contribution in [0.2, 0.25) is 0 Å². The molecule has 0 aliphatic carbocycles. The number of nitrogens with zero attached hydrogens (tertiary/aromatic N) is 4. The number of aryl methyl sites for hydroxylation is 1. The van der Waals surface area contributed by atoms with Crippen LogP contribution in [0.5, 0.6) is 0 Å². The first-order valence-electron chi connectivity index (χ1n) is 10.6. The monoisotopic (exact) mass is 424 g/mol. The van der Waals surface area contributed by atoms with Crippen molar-refractivity contribution in [2.75, 3.05) is 11.9 Å². The van der Waals surface area contributed by atoms with Crippen LogP contribution >= 0.6 is 0 Å². The number of hydrogen-bond acceptors (Lipinski definition) is 7. The van der Waals surface area contributed by atoms with Crippen LogP contribution in [0, 0.1) is 17.2 Å². The second kappa shape index (κ2) is 10.7. The van der Waals surface area contributed by atoms with Crippen molar-refractivity contribution in [3.05, 3.63) is 41.1 Å². The van der Waals surface area contributed by atoms with Gasteiger partial charge in [0.2, 0.25) is 0 Å². The molecule has 0 aliphatic heterocycles. The number of rotatable bonds is 8. The summed E-state index contributed by atoms with van der Waals surface area (Å²) in [6.45, 7) is 12.1. The minimum absolute atomic E-state index is 0.273. The lowest BCUT2D eigenvalue weighted by Crippen LogP contribution is -2.33. The van der Waals surface area contributed by atoms with Gasteiger partial charge in [-0.1, -0.05) is 20.8 Å². The maximum absolute atomic E-state index is 11.8. The number of hydrogen-bond donors (Lipinski definition) is 2. The van der Waals surface area contributed by atoms with Crippen molar-refractivity contribution in [1.82, 2.24) is 20.3 Å². The summed E-state index contributed by atoms with van der Waals surface area (Å²) in [5, 5.41) is 15.5. The summed E-state index contributed by atoms with van der Waals surface area (Å²) < 4.78 is 5.23. The molecule has 0 saturated carbocycles. The predicted molar refractivity (Wildman–Crippen MR) is 120 cm³/mol. The standard InChI is InChI=1S/C23H32N6O2/c1-7-18-19(12-15(2)3)29-21(20(14-24)28-18)27-17-9-10-25-16(13-17)8-11-26-22(30)31-23(4,5)6/h9-10,13,15H,7-8,11-12H2,1-6H3,(H,26,30)(H,25,27,29). The van der Waals surface area contributed by atoms with E-state index in [0.29, 0.717) is 24.7 Å². The zero-order valence-electron chi connectivity index (χ0n) is 19.2. The van der Waals surface area contributed by atoms with Crippen LogP contribution in [0.4, 0.5) is 16.3 Å². The van der Waals surface area contributed by atoms with E-state index < -0.39 is 11.7 Å². The largest absolute Gasteiger partial charge is 0.444 e. The van der Waals surface area contributed by atoms with Gasteiger partial charge >= 0.3 is 6.09 Å². The van der Waals surface area contributed by atoms with Crippen LogP contribution in [0.3, 0.4) is 0 Å². The Kier molecular flexibility index (Phi) is 8.31. The summed E-state index contributed by atoms with van der Waals surface area (Å²) in [6.07, 6.45) is 3.30. The molecule has 31 heavy (non-hydrogen) atoms. The first kappa shape index (κ1) is 24.1. The first-order valence-corrected chi connectivity index (χ1v) is 10.6. The van der Waals surface area contributed by atoms with Gasteiger partial charge in [0.1, 0.15) is 11.7 Å². The summed E-state index contributed by atoms with van der Waals surface area (Å²) >= 11 is 0. The van der Waals surface area contributed by atoms with E-state index in [1.165, 1.54) is 0 Å². The average molecular weight is 425 g/mol. The molecule has 8 nitrogen and oxygen atoms in total. The number of ether oxygens (including phenoxy) is 1. The number of aromatic nitrogens is 3. The highest BCUT2D eigenvalue weighted by molar-refractivity contribution is 5.67. The molecule has 0 saturated heterocycles. The van der Waals surface area contributed by atoms with Gasteiger partial charge in [0.15, 0.2) is 11.5 Å². The molecular weight excluding hydrogens is 392 g/mol. The van der Waals surface area contributed by atoms with Crippen molar-refractivity contribution < 1.29 is 9.53 Å². The van der Waals surface area contributed by atoms with Gasteiger partial charge < -0.3 is 15.4 Å². The molecule has 2 N–H and O–H groups in total.